The van der Waals surface area contributed by atoms with Crippen LogP contribution in [0.1, 0.15) is 25.5 Å². The first-order chi connectivity index (χ1) is 12.5. The molecule has 7 nitrogen and oxygen atoms in total. The number of nitrogens with zero attached hydrogens (tertiary/aromatic N) is 3. The summed E-state index contributed by atoms with van der Waals surface area (Å²) < 4.78 is 1.77. The molecule has 0 radical (unpaired) electrons. The van der Waals surface area contributed by atoms with Gasteiger partial charge in [0.05, 0.1) is 29.2 Å². The Morgan fingerprint density at radius 3 is 2.73 bits per heavy atom. The van der Waals surface area contributed by atoms with Gasteiger partial charge in [0.25, 0.3) is 0 Å². The lowest BCUT2D eigenvalue weighted by Gasteiger charge is -2.30. The lowest BCUT2D eigenvalue weighted by atomic mass is 9.99. The van der Waals surface area contributed by atoms with Crippen molar-refractivity contribution >= 4 is 29.3 Å². The number of carboxylic acid groups (broad SMARTS) is 1. The van der Waals surface area contributed by atoms with Crippen LogP contribution in [0.3, 0.4) is 0 Å². The van der Waals surface area contributed by atoms with Crippen LogP contribution in [0.25, 0.3) is 5.69 Å². The first kappa shape index (κ1) is 18.3. The van der Waals surface area contributed by atoms with Gasteiger partial charge < -0.3 is 15.3 Å². The van der Waals surface area contributed by atoms with Crippen molar-refractivity contribution in [2.45, 2.75) is 26.2 Å². The molecule has 2 heterocycles. The predicted octanol–water partition coefficient (Wildman–Crippen LogP) is 3.42. The van der Waals surface area contributed by atoms with E-state index in [-0.39, 0.29) is 12.6 Å². The Morgan fingerprint density at radius 2 is 2.08 bits per heavy atom. The number of hydrogen-bond acceptors (Lipinski definition) is 3. The van der Waals surface area contributed by atoms with Crippen LogP contribution in [-0.2, 0) is 11.2 Å². The van der Waals surface area contributed by atoms with Gasteiger partial charge in [-0.25, -0.2) is 9.48 Å². The van der Waals surface area contributed by atoms with Gasteiger partial charge >= 0.3 is 12.0 Å². The molecule has 1 aliphatic heterocycles. The monoisotopic (exact) mass is 376 g/mol. The third-order valence-corrected chi connectivity index (χ3v) is 4.83. The van der Waals surface area contributed by atoms with Gasteiger partial charge in [-0.1, -0.05) is 18.5 Å². The predicted molar refractivity (Wildman–Crippen MR) is 98.9 cm³/mol. The Morgan fingerprint density at radius 1 is 1.35 bits per heavy atom. The zero-order valence-electron chi connectivity index (χ0n) is 14.5. The SMILES string of the molecule is CCc1c(NC(=O)N2CCCC(C(=O)O)C2)cnn1-c1ccc(Cl)cc1. The fraction of sp³-hybridized carbons (Fsp3) is 0.389. The Bertz CT molecular complexity index is 803. The number of carbonyl (C=O) groups excluding carboxylic acids is 1. The molecule has 1 saturated heterocycles. The molecular weight excluding hydrogens is 356 g/mol. The van der Waals surface area contributed by atoms with E-state index in [1.54, 1.807) is 27.9 Å². The van der Waals surface area contributed by atoms with Crippen LogP contribution in [0.5, 0.6) is 0 Å². The van der Waals surface area contributed by atoms with Crippen LogP contribution in [0.4, 0.5) is 10.5 Å². The summed E-state index contributed by atoms with van der Waals surface area (Å²) in [7, 11) is 0. The lowest BCUT2D eigenvalue weighted by Crippen LogP contribution is -2.44. The molecule has 1 aromatic heterocycles. The average molecular weight is 377 g/mol. The summed E-state index contributed by atoms with van der Waals surface area (Å²) in [6.45, 7) is 2.77. The van der Waals surface area contributed by atoms with Crippen molar-refractivity contribution < 1.29 is 14.7 Å². The second-order valence-corrected chi connectivity index (χ2v) is 6.74. The third-order valence-electron chi connectivity index (χ3n) is 4.57. The van der Waals surface area contributed by atoms with Gasteiger partial charge in [-0.3, -0.25) is 4.79 Å². The number of carboxylic acids is 1. The van der Waals surface area contributed by atoms with Crippen LogP contribution >= 0.6 is 11.6 Å². The largest absolute Gasteiger partial charge is 0.481 e. The van der Waals surface area contributed by atoms with Crippen LogP contribution in [-0.4, -0.2) is 44.9 Å². The zero-order chi connectivity index (χ0) is 18.7. The molecule has 26 heavy (non-hydrogen) atoms. The number of aromatic nitrogens is 2. The van der Waals surface area contributed by atoms with Gasteiger partial charge in [-0.15, -0.1) is 0 Å². The number of hydrogen-bond donors (Lipinski definition) is 2. The molecule has 1 aliphatic rings. The summed E-state index contributed by atoms with van der Waals surface area (Å²) in [4.78, 5) is 25.3. The Labute approximate surface area is 156 Å². The standard InChI is InChI=1S/C18H21ClN4O3/c1-2-16-15(10-20-23(16)14-7-5-13(19)6-8-14)21-18(26)22-9-3-4-12(11-22)17(24)25/h5-8,10,12H,2-4,9,11H2,1H3,(H,21,26)(H,24,25). The van der Waals surface area contributed by atoms with E-state index in [0.717, 1.165) is 11.4 Å². The van der Waals surface area contributed by atoms with Gasteiger partial charge in [0.15, 0.2) is 0 Å². The van der Waals surface area contributed by atoms with Gasteiger partial charge in [-0.05, 0) is 43.5 Å². The topological polar surface area (TPSA) is 87.5 Å². The zero-order valence-corrected chi connectivity index (χ0v) is 15.2. The van der Waals surface area contributed by atoms with Crippen molar-refractivity contribution in [3.8, 4) is 5.69 Å². The first-order valence-corrected chi connectivity index (χ1v) is 8.99. The molecule has 2 aromatic rings. The number of piperidine rings is 1. The highest BCUT2D eigenvalue weighted by Crippen LogP contribution is 2.23. The van der Waals surface area contributed by atoms with E-state index in [9.17, 15) is 14.7 Å². The van der Waals surface area contributed by atoms with Crippen molar-refractivity contribution in [3.05, 3.63) is 41.2 Å². The summed E-state index contributed by atoms with van der Waals surface area (Å²) in [6, 6.07) is 7.01. The number of benzene rings is 1. The molecule has 3 rings (SSSR count). The number of halogens is 1. The van der Waals surface area contributed by atoms with E-state index in [4.69, 9.17) is 11.6 Å². The van der Waals surface area contributed by atoms with Crippen LogP contribution in [0.2, 0.25) is 5.02 Å². The molecule has 1 fully saturated rings. The summed E-state index contributed by atoms with van der Waals surface area (Å²) in [5.74, 6) is -1.36. The van der Waals surface area contributed by atoms with Crippen molar-refractivity contribution in [3.63, 3.8) is 0 Å². The molecule has 8 heteroatoms. The van der Waals surface area contributed by atoms with Gasteiger partial charge in [0.2, 0.25) is 0 Å². The van der Waals surface area contributed by atoms with E-state index < -0.39 is 11.9 Å². The van der Waals surface area contributed by atoms with E-state index in [1.165, 1.54) is 0 Å². The van der Waals surface area contributed by atoms with Crippen molar-refractivity contribution in [1.82, 2.24) is 14.7 Å². The molecule has 0 spiro atoms. The molecule has 2 amide bonds. The quantitative estimate of drug-likeness (QED) is 0.855. The molecule has 0 aliphatic carbocycles. The number of carbonyl (C=O) groups is 2. The highest BCUT2D eigenvalue weighted by atomic mass is 35.5. The van der Waals surface area contributed by atoms with E-state index in [0.29, 0.717) is 36.5 Å². The normalized spacial score (nSPS) is 17.2. The first-order valence-electron chi connectivity index (χ1n) is 8.61. The summed E-state index contributed by atoms with van der Waals surface area (Å²) in [5, 5.41) is 17.1. The molecule has 1 atom stereocenters. The smallest absolute Gasteiger partial charge is 0.321 e. The van der Waals surface area contributed by atoms with Gasteiger partial charge in [0.1, 0.15) is 0 Å². The average Bonchev–Trinajstić information content (AvgIpc) is 3.04. The Balaban J connectivity index is 1.76. The molecule has 0 saturated carbocycles. The summed E-state index contributed by atoms with van der Waals surface area (Å²) >= 11 is 5.93. The van der Waals surface area contributed by atoms with E-state index >= 15 is 0 Å². The molecule has 0 bridgehead atoms. The minimum Gasteiger partial charge on any atom is -0.481 e. The molecule has 2 N–H and O–H groups in total. The number of nitrogens with one attached hydrogen (secondary N) is 1. The minimum absolute atomic E-state index is 0.230. The van der Waals surface area contributed by atoms with Crippen molar-refractivity contribution in [2.75, 3.05) is 18.4 Å². The number of anilines is 1. The molecule has 138 valence electrons. The molecule has 1 aromatic carbocycles. The fourth-order valence-corrected chi connectivity index (χ4v) is 3.31. The number of urea groups is 1. The van der Waals surface area contributed by atoms with Crippen LogP contribution in [0.15, 0.2) is 30.5 Å². The van der Waals surface area contributed by atoms with Gasteiger partial charge in [0, 0.05) is 18.1 Å². The van der Waals surface area contributed by atoms with Crippen LogP contribution in [0, 0.1) is 5.92 Å². The van der Waals surface area contributed by atoms with Crippen molar-refractivity contribution in [2.24, 2.45) is 5.92 Å². The molecular formula is C18H21ClN4O3. The fourth-order valence-electron chi connectivity index (χ4n) is 3.18. The third kappa shape index (κ3) is 3.83. The maximum atomic E-state index is 12.6. The Kier molecular flexibility index (Phi) is 5.46. The number of likely N-dealkylation sites (tertiary alicyclic amines) is 1. The van der Waals surface area contributed by atoms with Crippen molar-refractivity contribution in [1.29, 1.82) is 0 Å². The van der Waals surface area contributed by atoms with Crippen LogP contribution < -0.4 is 5.32 Å². The number of amides is 2. The summed E-state index contributed by atoms with van der Waals surface area (Å²) in [5.41, 5.74) is 2.35. The Hall–Kier alpha value is -2.54. The summed E-state index contributed by atoms with van der Waals surface area (Å²) in [6.07, 6.45) is 3.59. The molecule has 1 unspecified atom stereocenters. The minimum atomic E-state index is -0.854. The van der Waals surface area contributed by atoms with Gasteiger partial charge in [-0.2, -0.15) is 5.10 Å². The maximum absolute atomic E-state index is 12.6. The highest BCUT2D eigenvalue weighted by molar-refractivity contribution is 6.30. The second kappa shape index (κ2) is 7.78. The van der Waals surface area contributed by atoms with E-state index in [2.05, 4.69) is 10.4 Å². The maximum Gasteiger partial charge on any atom is 0.321 e. The number of rotatable bonds is 4. The highest BCUT2D eigenvalue weighted by Gasteiger charge is 2.28. The number of aliphatic carboxylic acids is 1. The lowest BCUT2D eigenvalue weighted by molar-refractivity contribution is -0.143. The second-order valence-electron chi connectivity index (χ2n) is 6.30. The van der Waals surface area contributed by atoms with E-state index in [1.807, 2.05) is 19.1 Å².